The van der Waals surface area contributed by atoms with Gasteiger partial charge in [-0.2, -0.15) is 0 Å². The first-order chi connectivity index (χ1) is 10.7. The zero-order valence-corrected chi connectivity index (χ0v) is 13.3. The number of likely N-dealkylation sites (tertiary alicyclic amines) is 1. The highest BCUT2D eigenvalue weighted by atomic mass is 32.1. The number of carbonyl (C=O) groups is 2. The molecule has 1 aromatic rings. The predicted molar refractivity (Wildman–Crippen MR) is 86.6 cm³/mol. The monoisotopic (exact) mass is 319 g/mol. The van der Waals surface area contributed by atoms with E-state index in [0.29, 0.717) is 6.42 Å². The van der Waals surface area contributed by atoms with Crippen molar-refractivity contribution in [1.82, 2.24) is 4.90 Å². The van der Waals surface area contributed by atoms with Crippen molar-refractivity contribution < 1.29 is 14.7 Å². The van der Waals surface area contributed by atoms with Crippen molar-refractivity contribution in [3.63, 3.8) is 0 Å². The van der Waals surface area contributed by atoms with Gasteiger partial charge < -0.3 is 10.0 Å². The third-order valence-electron chi connectivity index (χ3n) is 4.53. The van der Waals surface area contributed by atoms with Gasteiger partial charge in [-0.25, -0.2) is 0 Å². The highest BCUT2D eigenvalue weighted by molar-refractivity contribution is 7.10. The summed E-state index contributed by atoms with van der Waals surface area (Å²) in [6, 6.07) is 4.18. The molecule has 2 heterocycles. The highest BCUT2D eigenvalue weighted by Crippen LogP contribution is 2.41. The number of nitrogens with zero attached hydrogens (tertiary/aromatic N) is 1. The third kappa shape index (κ3) is 3.40. The van der Waals surface area contributed by atoms with Gasteiger partial charge in [0.1, 0.15) is 0 Å². The second kappa shape index (κ2) is 6.65. The zero-order valence-electron chi connectivity index (χ0n) is 12.5. The van der Waals surface area contributed by atoms with Crippen molar-refractivity contribution in [2.24, 2.45) is 11.8 Å². The van der Waals surface area contributed by atoms with Crippen LogP contribution in [0.2, 0.25) is 0 Å². The van der Waals surface area contributed by atoms with Crippen LogP contribution in [0.15, 0.2) is 23.6 Å². The topological polar surface area (TPSA) is 57.6 Å². The Balaban J connectivity index is 1.71. The van der Waals surface area contributed by atoms with Crippen molar-refractivity contribution >= 4 is 29.3 Å². The molecule has 1 aromatic heterocycles. The van der Waals surface area contributed by atoms with Crippen LogP contribution in [-0.4, -0.2) is 34.5 Å². The van der Waals surface area contributed by atoms with Crippen molar-refractivity contribution in [3.05, 3.63) is 28.5 Å². The van der Waals surface area contributed by atoms with Crippen molar-refractivity contribution in [3.8, 4) is 0 Å². The lowest BCUT2D eigenvalue weighted by Gasteiger charge is -2.28. The average molecular weight is 319 g/mol. The van der Waals surface area contributed by atoms with Gasteiger partial charge in [-0.15, -0.1) is 11.3 Å². The number of hydrogen-bond acceptors (Lipinski definition) is 3. The minimum atomic E-state index is -0.834. The third-order valence-corrected chi connectivity index (χ3v) is 5.37. The van der Waals surface area contributed by atoms with Crippen molar-refractivity contribution in [2.45, 2.75) is 38.1 Å². The van der Waals surface area contributed by atoms with Crippen LogP contribution in [0.25, 0.3) is 6.08 Å². The zero-order chi connectivity index (χ0) is 15.5. The van der Waals surface area contributed by atoms with Gasteiger partial charge in [-0.1, -0.05) is 25.0 Å². The van der Waals surface area contributed by atoms with Gasteiger partial charge in [-0.05, 0) is 36.8 Å². The van der Waals surface area contributed by atoms with Gasteiger partial charge in [0.15, 0.2) is 0 Å². The van der Waals surface area contributed by atoms with E-state index >= 15 is 0 Å². The van der Waals surface area contributed by atoms with E-state index in [0.717, 1.165) is 32.2 Å². The van der Waals surface area contributed by atoms with Crippen molar-refractivity contribution in [2.75, 3.05) is 6.54 Å². The lowest BCUT2D eigenvalue weighted by Crippen LogP contribution is -2.40. The molecule has 0 bridgehead atoms. The molecule has 22 heavy (non-hydrogen) atoms. The van der Waals surface area contributed by atoms with E-state index in [9.17, 15) is 9.59 Å². The van der Waals surface area contributed by atoms with E-state index < -0.39 is 11.9 Å². The Morgan fingerprint density at radius 3 is 2.82 bits per heavy atom. The van der Waals surface area contributed by atoms with Gasteiger partial charge in [0.25, 0.3) is 0 Å². The van der Waals surface area contributed by atoms with E-state index in [2.05, 4.69) is 18.2 Å². The van der Waals surface area contributed by atoms with Crippen LogP contribution in [-0.2, 0) is 9.59 Å². The maximum atomic E-state index is 12.6. The van der Waals surface area contributed by atoms with Crippen molar-refractivity contribution in [1.29, 1.82) is 0 Å². The molecule has 1 aliphatic carbocycles. The Bertz CT molecular complexity index is 566. The molecule has 0 spiro atoms. The Labute approximate surface area is 134 Å². The fourth-order valence-corrected chi connectivity index (χ4v) is 3.78. The van der Waals surface area contributed by atoms with Gasteiger partial charge in [0, 0.05) is 11.4 Å². The molecule has 1 amide bonds. The molecule has 0 aromatic carbocycles. The van der Waals surface area contributed by atoms with E-state index in [1.165, 1.54) is 4.88 Å². The summed E-state index contributed by atoms with van der Waals surface area (Å²) in [6.07, 6.45) is 8.95. The molecule has 0 radical (unpaired) electrons. The summed E-state index contributed by atoms with van der Waals surface area (Å²) in [7, 11) is 0. The minimum absolute atomic E-state index is 0.0372. The molecule has 1 saturated heterocycles. The van der Waals surface area contributed by atoms with Gasteiger partial charge in [-0.3, -0.25) is 9.59 Å². The molecule has 118 valence electrons. The molecule has 1 saturated carbocycles. The Morgan fingerprint density at radius 1 is 1.27 bits per heavy atom. The number of carboxylic acid groups (broad SMARTS) is 1. The fourth-order valence-electron chi connectivity index (χ4n) is 3.15. The summed E-state index contributed by atoms with van der Waals surface area (Å²) in [6.45, 7) is 0.751. The molecule has 3 atom stereocenters. The molecule has 2 fully saturated rings. The van der Waals surface area contributed by atoms with Crippen LogP contribution in [0.3, 0.4) is 0 Å². The van der Waals surface area contributed by atoms with Gasteiger partial charge in [0.05, 0.1) is 17.9 Å². The summed E-state index contributed by atoms with van der Waals surface area (Å²) < 4.78 is 0. The molecule has 1 N–H and O–H groups in total. The van der Waals surface area contributed by atoms with Crippen LogP contribution in [0.1, 0.15) is 37.0 Å². The number of carbonyl (C=O) groups excluding carboxylic acids is 1. The maximum Gasteiger partial charge on any atom is 0.307 e. The standard InChI is InChI=1S/C17H21NO3S/c19-16(14-11-15(14)17(20)21)18-9-3-1-2-5-12(18)7-8-13-6-4-10-22-13/h4,6-8,10,12,14-15H,1-3,5,9,11H2,(H,20,21)/b8-7+. The van der Waals surface area contributed by atoms with E-state index in [-0.39, 0.29) is 17.9 Å². The number of aliphatic carboxylic acids is 1. The first kappa shape index (κ1) is 15.3. The number of rotatable bonds is 4. The lowest BCUT2D eigenvalue weighted by atomic mass is 10.1. The second-order valence-corrected chi connectivity index (χ2v) is 7.09. The van der Waals surface area contributed by atoms with E-state index in [4.69, 9.17) is 5.11 Å². The molecule has 3 unspecified atom stereocenters. The summed E-state index contributed by atoms with van der Waals surface area (Å²) >= 11 is 1.68. The van der Waals surface area contributed by atoms with Crippen LogP contribution < -0.4 is 0 Å². The average Bonchev–Trinajstić information content (AvgIpc) is 3.21. The summed E-state index contributed by atoms with van der Waals surface area (Å²) in [4.78, 5) is 26.7. The van der Waals surface area contributed by atoms with E-state index in [1.54, 1.807) is 11.3 Å². The van der Waals surface area contributed by atoms with Gasteiger partial charge in [0.2, 0.25) is 5.91 Å². The molecule has 5 heteroatoms. The molecule has 1 aliphatic heterocycles. The predicted octanol–water partition coefficient (Wildman–Crippen LogP) is 3.25. The smallest absolute Gasteiger partial charge is 0.307 e. The minimum Gasteiger partial charge on any atom is -0.481 e. The molecule has 4 nitrogen and oxygen atoms in total. The van der Waals surface area contributed by atoms with Crippen LogP contribution in [0.4, 0.5) is 0 Å². The lowest BCUT2D eigenvalue weighted by molar-refractivity contribution is -0.142. The SMILES string of the molecule is O=C(O)C1CC1C(=O)N1CCCCCC1/C=C/c1cccs1. The quantitative estimate of drug-likeness (QED) is 0.927. The molecular formula is C17H21NO3S. The maximum absolute atomic E-state index is 12.6. The number of amides is 1. The Hall–Kier alpha value is -1.62. The first-order valence-corrected chi connectivity index (χ1v) is 8.80. The largest absolute Gasteiger partial charge is 0.481 e. The number of carboxylic acids is 1. The Morgan fingerprint density at radius 2 is 2.14 bits per heavy atom. The summed E-state index contributed by atoms with van der Waals surface area (Å²) in [5, 5.41) is 11.1. The summed E-state index contributed by atoms with van der Waals surface area (Å²) in [5.41, 5.74) is 0. The molecule has 2 aliphatic rings. The second-order valence-electron chi connectivity index (χ2n) is 6.11. The van der Waals surface area contributed by atoms with Gasteiger partial charge >= 0.3 is 5.97 Å². The number of hydrogen-bond donors (Lipinski definition) is 1. The Kier molecular flexibility index (Phi) is 4.62. The highest BCUT2D eigenvalue weighted by Gasteiger charge is 2.50. The van der Waals surface area contributed by atoms with E-state index in [1.807, 2.05) is 16.3 Å². The molecular weight excluding hydrogens is 298 g/mol. The van der Waals surface area contributed by atoms with Crippen LogP contribution in [0, 0.1) is 11.8 Å². The first-order valence-electron chi connectivity index (χ1n) is 7.92. The number of thiophene rings is 1. The normalized spacial score (nSPS) is 28.5. The van der Waals surface area contributed by atoms with Crippen LogP contribution in [0.5, 0.6) is 0 Å². The molecule has 3 rings (SSSR count). The van der Waals surface area contributed by atoms with Crippen LogP contribution >= 0.6 is 11.3 Å². The summed E-state index contributed by atoms with van der Waals surface area (Å²) in [5.74, 6) is -1.56. The fraction of sp³-hybridized carbons (Fsp3) is 0.529.